The number of nitrogens with zero attached hydrogens (tertiary/aromatic N) is 2. The minimum atomic E-state index is -0.487. The van der Waals surface area contributed by atoms with Crippen LogP contribution in [0.2, 0.25) is 5.02 Å². The Bertz CT molecular complexity index is 787. The van der Waals surface area contributed by atoms with Crippen molar-refractivity contribution in [1.82, 2.24) is 14.9 Å². The molecule has 126 valence electrons. The van der Waals surface area contributed by atoms with Gasteiger partial charge in [-0.3, -0.25) is 14.7 Å². The van der Waals surface area contributed by atoms with Crippen LogP contribution in [0.1, 0.15) is 12.8 Å². The lowest BCUT2D eigenvalue weighted by molar-refractivity contribution is 0.112. The molecule has 2 N–H and O–H groups in total. The first-order chi connectivity index (χ1) is 11.6. The fourth-order valence-corrected chi connectivity index (χ4v) is 2.67. The Labute approximate surface area is 143 Å². The summed E-state index contributed by atoms with van der Waals surface area (Å²) < 4.78 is 6.80. The Kier molecular flexibility index (Phi) is 5.12. The van der Waals surface area contributed by atoms with Gasteiger partial charge < -0.3 is 10.1 Å². The van der Waals surface area contributed by atoms with E-state index in [1.807, 2.05) is 0 Å². The second-order valence-electron chi connectivity index (χ2n) is 5.40. The number of benzene rings is 1. The lowest BCUT2D eigenvalue weighted by atomic mass is 10.2. The Balaban J connectivity index is 1.71. The number of carbonyl (C=O) groups is 1. The van der Waals surface area contributed by atoms with Gasteiger partial charge in [0.2, 0.25) is 5.82 Å². The molecule has 1 aliphatic rings. The number of nitrogens with one attached hydrogen (secondary N) is 2. The molecular formula is C16H17ClN4O3. The molecule has 1 unspecified atom stereocenters. The summed E-state index contributed by atoms with van der Waals surface area (Å²) in [4.78, 5) is 28.3. The minimum Gasteiger partial charge on any atom is -0.376 e. The van der Waals surface area contributed by atoms with E-state index in [9.17, 15) is 9.59 Å². The van der Waals surface area contributed by atoms with Crippen molar-refractivity contribution >= 4 is 23.4 Å². The van der Waals surface area contributed by atoms with Crippen LogP contribution in [0.25, 0.3) is 5.69 Å². The van der Waals surface area contributed by atoms with Gasteiger partial charge in [0.25, 0.3) is 5.56 Å². The molecule has 0 spiro atoms. The molecule has 1 aliphatic heterocycles. The van der Waals surface area contributed by atoms with Crippen LogP contribution in [0.5, 0.6) is 0 Å². The van der Waals surface area contributed by atoms with E-state index in [0.29, 0.717) is 17.3 Å². The molecule has 24 heavy (non-hydrogen) atoms. The van der Waals surface area contributed by atoms with E-state index in [-0.39, 0.29) is 11.9 Å². The second-order valence-corrected chi connectivity index (χ2v) is 5.84. The molecule has 2 heterocycles. The van der Waals surface area contributed by atoms with Crippen molar-refractivity contribution in [1.29, 1.82) is 0 Å². The highest BCUT2D eigenvalue weighted by Gasteiger charge is 2.17. The summed E-state index contributed by atoms with van der Waals surface area (Å²) in [5.74, 6) is -0.0534. The Morgan fingerprint density at radius 3 is 3.08 bits per heavy atom. The van der Waals surface area contributed by atoms with Crippen molar-refractivity contribution in [3.63, 3.8) is 0 Å². The fourth-order valence-electron chi connectivity index (χ4n) is 2.49. The number of urea groups is 1. The third-order valence-corrected chi connectivity index (χ3v) is 3.91. The molecule has 0 bridgehead atoms. The van der Waals surface area contributed by atoms with Crippen LogP contribution < -0.4 is 16.2 Å². The van der Waals surface area contributed by atoms with Crippen LogP contribution in [0.4, 0.5) is 10.6 Å². The van der Waals surface area contributed by atoms with Crippen LogP contribution in [0, 0.1) is 0 Å². The van der Waals surface area contributed by atoms with Crippen LogP contribution in [0.3, 0.4) is 0 Å². The van der Waals surface area contributed by atoms with Crippen molar-refractivity contribution in [2.75, 3.05) is 18.5 Å². The van der Waals surface area contributed by atoms with Gasteiger partial charge in [0, 0.05) is 30.6 Å². The Hall–Kier alpha value is -2.38. The molecule has 1 atom stereocenters. The van der Waals surface area contributed by atoms with Gasteiger partial charge in [-0.25, -0.2) is 9.78 Å². The average molecular weight is 349 g/mol. The summed E-state index contributed by atoms with van der Waals surface area (Å²) in [6, 6.07) is 6.37. The zero-order chi connectivity index (χ0) is 16.9. The number of ether oxygens (including phenoxy) is 1. The number of hydrogen-bond donors (Lipinski definition) is 2. The molecule has 1 aromatic heterocycles. The van der Waals surface area contributed by atoms with Gasteiger partial charge in [0.1, 0.15) is 0 Å². The predicted molar refractivity (Wildman–Crippen MR) is 90.8 cm³/mol. The molecule has 7 nitrogen and oxygen atoms in total. The highest BCUT2D eigenvalue weighted by molar-refractivity contribution is 6.30. The molecule has 3 rings (SSSR count). The number of carbonyl (C=O) groups excluding carboxylic acids is 1. The summed E-state index contributed by atoms with van der Waals surface area (Å²) in [7, 11) is 0. The SMILES string of the molecule is O=C(NCC1CCCO1)Nc1nccn(-c2cccc(Cl)c2)c1=O. The molecule has 2 amide bonds. The Morgan fingerprint density at radius 2 is 2.33 bits per heavy atom. The zero-order valence-electron chi connectivity index (χ0n) is 12.9. The third-order valence-electron chi connectivity index (χ3n) is 3.67. The highest BCUT2D eigenvalue weighted by atomic mass is 35.5. The second kappa shape index (κ2) is 7.46. The van der Waals surface area contributed by atoms with Crippen molar-refractivity contribution in [3.05, 3.63) is 52.0 Å². The van der Waals surface area contributed by atoms with Gasteiger partial charge in [0.05, 0.1) is 11.8 Å². The number of amides is 2. The van der Waals surface area contributed by atoms with Crippen LogP contribution in [-0.2, 0) is 4.74 Å². The van der Waals surface area contributed by atoms with Gasteiger partial charge in [0.15, 0.2) is 0 Å². The van der Waals surface area contributed by atoms with E-state index in [2.05, 4.69) is 15.6 Å². The van der Waals surface area contributed by atoms with Crippen LogP contribution in [0.15, 0.2) is 41.5 Å². The van der Waals surface area contributed by atoms with Gasteiger partial charge >= 0.3 is 6.03 Å². The number of anilines is 1. The normalized spacial score (nSPS) is 16.8. The quantitative estimate of drug-likeness (QED) is 0.886. The first-order valence-electron chi connectivity index (χ1n) is 7.63. The van der Waals surface area contributed by atoms with Crippen molar-refractivity contribution < 1.29 is 9.53 Å². The average Bonchev–Trinajstić information content (AvgIpc) is 3.08. The lowest BCUT2D eigenvalue weighted by Crippen LogP contribution is -2.37. The van der Waals surface area contributed by atoms with E-state index in [4.69, 9.17) is 16.3 Å². The maximum atomic E-state index is 12.5. The largest absolute Gasteiger partial charge is 0.376 e. The van der Waals surface area contributed by atoms with Gasteiger partial charge in [-0.05, 0) is 31.0 Å². The van der Waals surface area contributed by atoms with E-state index in [1.54, 1.807) is 24.3 Å². The molecular weight excluding hydrogens is 332 g/mol. The van der Waals surface area contributed by atoms with Crippen molar-refractivity contribution in [2.45, 2.75) is 18.9 Å². The molecule has 2 aromatic rings. The highest BCUT2D eigenvalue weighted by Crippen LogP contribution is 2.13. The van der Waals surface area contributed by atoms with Crippen LogP contribution >= 0.6 is 11.6 Å². The smallest absolute Gasteiger partial charge is 0.320 e. The van der Waals surface area contributed by atoms with Gasteiger partial charge in [-0.2, -0.15) is 0 Å². The summed E-state index contributed by atoms with van der Waals surface area (Å²) in [5, 5.41) is 5.67. The number of hydrogen-bond acceptors (Lipinski definition) is 4. The summed E-state index contributed by atoms with van der Waals surface area (Å²) in [5.41, 5.74) is 0.157. The predicted octanol–water partition coefficient (Wildman–Crippen LogP) is 2.19. The van der Waals surface area contributed by atoms with Crippen molar-refractivity contribution in [3.8, 4) is 5.69 Å². The first-order valence-corrected chi connectivity index (χ1v) is 8.01. The van der Waals surface area contributed by atoms with Crippen molar-refractivity contribution in [2.24, 2.45) is 0 Å². The first kappa shape index (κ1) is 16.5. The molecule has 1 saturated heterocycles. The molecule has 1 aromatic carbocycles. The monoisotopic (exact) mass is 348 g/mol. The Morgan fingerprint density at radius 1 is 1.46 bits per heavy atom. The van der Waals surface area contributed by atoms with Gasteiger partial charge in [-0.15, -0.1) is 0 Å². The van der Waals surface area contributed by atoms with E-state index in [1.165, 1.54) is 17.0 Å². The van der Waals surface area contributed by atoms with Gasteiger partial charge in [-0.1, -0.05) is 17.7 Å². The summed E-state index contributed by atoms with van der Waals surface area (Å²) in [6.07, 6.45) is 4.91. The number of rotatable bonds is 4. The minimum absolute atomic E-state index is 0.0302. The number of aromatic nitrogens is 2. The zero-order valence-corrected chi connectivity index (χ0v) is 13.6. The maximum absolute atomic E-state index is 12.5. The lowest BCUT2D eigenvalue weighted by Gasteiger charge is -2.12. The molecule has 0 saturated carbocycles. The summed E-state index contributed by atoms with van der Waals surface area (Å²) >= 11 is 5.95. The van der Waals surface area contributed by atoms with Crippen LogP contribution in [-0.4, -0.2) is 34.8 Å². The third kappa shape index (κ3) is 3.93. The van der Waals surface area contributed by atoms with E-state index >= 15 is 0 Å². The molecule has 1 fully saturated rings. The topological polar surface area (TPSA) is 85.2 Å². The fraction of sp³-hybridized carbons (Fsp3) is 0.312. The van der Waals surface area contributed by atoms with E-state index < -0.39 is 11.6 Å². The molecule has 0 radical (unpaired) electrons. The number of halogens is 1. The van der Waals surface area contributed by atoms with E-state index in [0.717, 1.165) is 19.4 Å². The maximum Gasteiger partial charge on any atom is 0.320 e. The molecule has 0 aliphatic carbocycles. The molecule has 8 heteroatoms. The standard InChI is InChI=1S/C16H17ClN4O3/c17-11-3-1-4-12(9-11)21-7-6-18-14(15(21)22)20-16(23)19-10-13-5-2-8-24-13/h1,3-4,6-7,9,13H,2,5,8,10H2,(H2,18,19,20,23). The summed E-state index contributed by atoms with van der Waals surface area (Å²) in [6.45, 7) is 1.12.